The lowest BCUT2D eigenvalue weighted by atomic mass is 10.0. The molecule has 1 aliphatic heterocycles. The molecule has 0 amide bonds. The number of hydrogen-bond acceptors (Lipinski definition) is 3. The van der Waals surface area contributed by atoms with Crippen molar-refractivity contribution >= 4 is 22.6 Å². The van der Waals surface area contributed by atoms with Crippen LogP contribution in [0, 0.1) is 0 Å². The first-order valence-corrected chi connectivity index (χ1v) is 7.36. The van der Waals surface area contributed by atoms with Gasteiger partial charge in [-0.25, -0.2) is 0 Å². The van der Waals surface area contributed by atoms with Crippen molar-refractivity contribution in [3.05, 3.63) is 0 Å². The molecule has 0 bridgehead atoms. The van der Waals surface area contributed by atoms with Crippen molar-refractivity contribution < 1.29 is 8.42 Å². The summed E-state index contributed by atoms with van der Waals surface area (Å²) in [6.45, 7) is 5.50. The van der Waals surface area contributed by atoms with E-state index in [4.69, 9.17) is 0 Å². The summed E-state index contributed by atoms with van der Waals surface area (Å²) >= 11 is 0. The van der Waals surface area contributed by atoms with Gasteiger partial charge in [-0.2, -0.15) is 17.4 Å². The Balaban J connectivity index is 0.00000256. The fraction of sp³-hybridized carbons (Fsp3) is 1.00. The third-order valence-corrected chi connectivity index (χ3v) is 4.52. The van der Waals surface area contributed by atoms with E-state index < -0.39 is 10.2 Å². The smallest absolute Gasteiger partial charge is 0.279 e. The molecule has 0 radical (unpaired) electrons. The molecule has 5 nitrogen and oxygen atoms in total. The van der Waals surface area contributed by atoms with Gasteiger partial charge in [0.1, 0.15) is 0 Å². The van der Waals surface area contributed by atoms with Gasteiger partial charge >= 0.3 is 0 Å². The molecule has 0 spiro atoms. The van der Waals surface area contributed by atoms with Crippen LogP contribution in [0.1, 0.15) is 33.1 Å². The lowest BCUT2D eigenvalue weighted by Gasteiger charge is -2.30. The minimum atomic E-state index is -3.29. The molecule has 0 aromatic carbocycles. The van der Waals surface area contributed by atoms with Crippen molar-refractivity contribution in [1.29, 1.82) is 0 Å². The van der Waals surface area contributed by atoms with E-state index in [-0.39, 0.29) is 18.4 Å². The Hall–Kier alpha value is 0.120. The maximum Gasteiger partial charge on any atom is 0.279 e. The number of rotatable bonds is 5. The normalized spacial score (nSPS) is 25.6. The number of nitrogens with zero attached hydrogens (tertiary/aromatic N) is 1. The summed E-state index contributed by atoms with van der Waals surface area (Å²) in [4.78, 5) is 0. The number of piperidine rings is 1. The summed E-state index contributed by atoms with van der Waals surface area (Å²) in [6.07, 6.45) is 2.56. The second-order valence-corrected chi connectivity index (χ2v) is 6.33. The lowest BCUT2D eigenvalue weighted by molar-refractivity contribution is 0.352. The molecule has 2 unspecified atom stereocenters. The van der Waals surface area contributed by atoms with Crippen molar-refractivity contribution in [3.63, 3.8) is 0 Å². The van der Waals surface area contributed by atoms with Gasteiger partial charge in [0.05, 0.1) is 0 Å². The SMILES string of the molecule is CCCN(C)S(=O)(=O)NC1CCNC(C)C1.Cl. The Labute approximate surface area is 111 Å². The van der Waals surface area contributed by atoms with E-state index in [0.29, 0.717) is 12.6 Å². The fourth-order valence-corrected chi connectivity index (χ4v) is 3.21. The predicted octanol–water partition coefficient (Wildman–Crippen LogP) is 0.725. The van der Waals surface area contributed by atoms with Gasteiger partial charge in [-0.15, -0.1) is 12.4 Å². The lowest BCUT2D eigenvalue weighted by Crippen LogP contribution is -2.50. The molecule has 1 fully saturated rings. The molecule has 2 N–H and O–H groups in total. The van der Waals surface area contributed by atoms with Crippen LogP contribution in [0.25, 0.3) is 0 Å². The Morgan fingerprint density at radius 3 is 2.65 bits per heavy atom. The van der Waals surface area contributed by atoms with Crippen LogP contribution in [-0.2, 0) is 10.2 Å². The van der Waals surface area contributed by atoms with E-state index in [2.05, 4.69) is 17.0 Å². The van der Waals surface area contributed by atoms with E-state index in [1.54, 1.807) is 7.05 Å². The quantitative estimate of drug-likeness (QED) is 0.783. The molecule has 0 aliphatic carbocycles. The molecular weight excluding hydrogens is 262 g/mol. The molecule has 0 saturated carbocycles. The highest BCUT2D eigenvalue weighted by molar-refractivity contribution is 7.87. The van der Waals surface area contributed by atoms with E-state index >= 15 is 0 Å². The van der Waals surface area contributed by atoms with Crippen molar-refractivity contribution in [2.75, 3.05) is 20.1 Å². The molecule has 1 aliphatic rings. The average molecular weight is 286 g/mol. The largest absolute Gasteiger partial charge is 0.314 e. The molecule has 0 aromatic heterocycles. The van der Waals surface area contributed by atoms with Gasteiger partial charge in [0.25, 0.3) is 10.2 Å². The third kappa shape index (κ3) is 5.52. The predicted molar refractivity (Wildman–Crippen MR) is 72.7 cm³/mol. The van der Waals surface area contributed by atoms with E-state index in [1.807, 2.05) is 6.92 Å². The molecule has 0 aromatic rings. The first-order chi connectivity index (χ1) is 7.45. The third-order valence-electron chi connectivity index (χ3n) is 2.89. The zero-order valence-electron chi connectivity index (χ0n) is 10.8. The van der Waals surface area contributed by atoms with Crippen molar-refractivity contribution in [2.45, 2.75) is 45.2 Å². The second kappa shape index (κ2) is 7.53. The highest BCUT2D eigenvalue weighted by atomic mass is 35.5. The van der Waals surface area contributed by atoms with Gasteiger partial charge in [0, 0.05) is 25.7 Å². The monoisotopic (exact) mass is 285 g/mol. The average Bonchev–Trinajstić information content (AvgIpc) is 2.17. The summed E-state index contributed by atoms with van der Waals surface area (Å²) in [6, 6.07) is 0.457. The maximum absolute atomic E-state index is 11.9. The minimum absolute atomic E-state index is 0. The number of nitrogens with one attached hydrogen (secondary N) is 2. The molecule has 1 saturated heterocycles. The topological polar surface area (TPSA) is 61.4 Å². The van der Waals surface area contributed by atoms with Crippen molar-refractivity contribution in [2.24, 2.45) is 0 Å². The molecule has 1 rings (SSSR count). The molecular formula is C10H24ClN3O2S. The van der Waals surface area contributed by atoms with Gasteiger partial charge in [-0.1, -0.05) is 6.92 Å². The highest BCUT2D eigenvalue weighted by Crippen LogP contribution is 2.10. The van der Waals surface area contributed by atoms with Crippen LogP contribution in [0.15, 0.2) is 0 Å². The zero-order chi connectivity index (χ0) is 12.2. The highest BCUT2D eigenvalue weighted by Gasteiger charge is 2.25. The van der Waals surface area contributed by atoms with Gasteiger partial charge in [-0.05, 0) is 32.7 Å². The van der Waals surface area contributed by atoms with Crippen LogP contribution < -0.4 is 10.0 Å². The Morgan fingerprint density at radius 2 is 2.12 bits per heavy atom. The van der Waals surface area contributed by atoms with Gasteiger partial charge in [0.2, 0.25) is 0 Å². The first kappa shape index (κ1) is 17.1. The Bertz CT molecular complexity index is 311. The van der Waals surface area contributed by atoms with Crippen molar-refractivity contribution in [1.82, 2.24) is 14.3 Å². The Morgan fingerprint density at radius 1 is 1.47 bits per heavy atom. The van der Waals surface area contributed by atoms with Gasteiger partial charge in [-0.3, -0.25) is 0 Å². The Kier molecular flexibility index (Phi) is 7.58. The minimum Gasteiger partial charge on any atom is -0.314 e. The van der Waals surface area contributed by atoms with Crippen LogP contribution in [0.2, 0.25) is 0 Å². The van der Waals surface area contributed by atoms with E-state index in [0.717, 1.165) is 25.8 Å². The summed E-state index contributed by atoms with van der Waals surface area (Å²) in [5.41, 5.74) is 0. The maximum atomic E-state index is 11.9. The van der Waals surface area contributed by atoms with Crippen LogP contribution in [-0.4, -0.2) is 44.9 Å². The molecule has 104 valence electrons. The summed E-state index contributed by atoms with van der Waals surface area (Å²) in [5, 5.41) is 3.30. The van der Waals surface area contributed by atoms with Gasteiger partial charge < -0.3 is 5.32 Å². The standard InChI is InChI=1S/C10H23N3O2S.ClH/c1-4-7-13(3)16(14,15)12-10-5-6-11-9(2)8-10;/h9-12H,4-8H2,1-3H3;1H. The van der Waals surface area contributed by atoms with E-state index in [9.17, 15) is 8.42 Å². The molecule has 1 heterocycles. The molecule has 17 heavy (non-hydrogen) atoms. The number of halogens is 1. The number of hydrogen-bond donors (Lipinski definition) is 2. The summed E-state index contributed by atoms with van der Waals surface area (Å²) in [5.74, 6) is 0. The second-order valence-electron chi connectivity index (χ2n) is 4.52. The zero-order valence-corrected chi connectivity index (χ0v) is 12.4. The summed E-state index contributed by atoms with van der Waals surface area (Å²) < 4.78 is 27.9. The van der Waals surface area contributed by atoms with Crippen LogP contribution in [0.4, 0.5) is 0 Å². The summed E-state index contributed by atoms with van der Waals surface area (Å²) in [7, 11) is -1.67. The van der Waals surface area contributed by atoms with E-state index in [1.165, 1.54) is 4.31 Å². The van der Waals surface area contributed by atoms with Crippen molar-refractivity contribution in [3.8, 4) is 0 Å². The molecule has 7 heteroatoms. The van der Waals surface area contributed by atoms with Crippen LogP contribution >= 0.6 is 12.4 Å². The molecule has 2 atom stereocenters. The van der Waals surface area contributed by atoms with Gasteiger partial charge in [0.15, 0.2) is 0 Å². The van der Waals surface area contributed by atoms with Crippen LogP contribution in [0.5, 0.6) is 0 Å². The first-order valence-electron chi connectivity index (χ1n) is 5.92. The fourth-order valence-electron chi connectivity index (χ4n) is 1.97. The van der Waals surface area contributed by atoms with Crippen LogP contribution in [0.3, 0.4) is 0 Å².